The van der Waals surface area contributed by atoms with E-state index in [1.807, 2.05) is 0 Å². The van der Waals surface area contributed by atoms with Crippen molar-refractivity contribution in [3.63, 3.8) is 0 Å². The standard InChI is InChI=1S/C26H27Cl2N3O4S/c1-3-29-26(33)19(2)30(17-20-13-15-21(27)16-14-20)25(32)18-31(24-12-8-7-11-23(24)28)36(34,35)22-9-5-4-6-10-22/h4-16,19H,3,17-18H2,1-2H3,(H,29,33)/t19-/m0/s1. The predicted octanol–water partition coefficient (Wildman–Crippen LogP) is 4.74. The predicted molar refractivity (Wildman–Crippen MR) is 143 cm³/mol. The molecular formula is C26H27Cl2N3O4S. The Morgan fingerprint density at radius 3 is 2.14 bits per heavy atom. The Bertz CT molecular complexity index is 1300. The van der Waals surface area contributed by atoms with Gasteiger partial charge in [0, 0.05) is 18.1 Å². The summed E-state index contributed by atoms with van der Waals surface area (Å²) in [5.41, 5.74) is 0.896. The largest absolute Gasteiger partial charge is 0.355 e. The lowest BCUT2D eigenvalue weighted by Gasteiger charge is -2.32. The molecule has 3 rings (SSSR count). The smallest absolute Gasteiger partial charge is 0.264 e. The minimum atomic E-state index is -4.16. The van der Waals surface area contributed by atoms with Crippen LogP contribution in [-0.2, 0) is 26.2 Å². The van der Waals surface area contributed by atoms with E-state index >= 15 is 0 Å². The van der Waals surface area contributed by atoms with E-state index in [2.05, 4.69) is 5.32 Å². The molecule has 0 fully saturated rings. The van der Waals surface area contributed by atoms with Gasteiger partial charge in [-0.15, -0.1) is 0 Å². The van der Waals surface area contributed by atoms with Crippen LogP contribution in [-0.4, -0.2) is 44.3 Å². The summed E-state index contributed by atoms with van der Waals surface area (Å²) >= 11 is 12.4. The summed E-state index contributed by atoms with van der Waals surface area (Å²) in [6.07, 6.45) is 0. The molecule has 1 N–H and O–H groups in total. The number of anilines is 1. The molecule has 0 aromatic heterocycles. The van der Waals surface area contributed by atoms with E-state index < -0.39 is 28.5 Å². The van der Waals surface area contributed by atoms with Crippen molar-refractivity contribution >= 4 is 50.7 Å². The molecule has 7 nitrogen and oxygen atoms in total. The first-order valence-electron chi connectivity index (χ1n) is 11.3. The van der Waals surface area contributed by atoms with Crippen LogP contribution in [0.15, 0.2) is 83.8 Å². The Morgan fingerprint density at radius 1 is 0.917 bits per heavy atom. The number of benzene rings is 3. The maximum atomic E-state index is 13.7. The van der Waals surface area contributed by atoms with Crippen LogP contribution in [0.4, 0.5) is 5.69 Å². The van der Waals surface area contributed by atoms with Crippen LogP contribution in [0.2, 0.25) is 10.0 Å². The molecule has 0 saturated heterocycles. The van der Waals surface area contributed by atoms with Gasteiger partial charge in [-0.3, -0.25) is 13.9 Å². The fourth-order valence-corrected chi connectivity index (χ4v) is 5.45. The molecule has 0 saturated carbocycles. The number of hydrogen-bond acceptors (Lipinski definition) is 4. The van der Waals surface area contributed by atoms with E-state index in [-0.39, 0.29) is 28.1 Å². The van der Waals surface area contributed by atoms with Crippen molar-refractivity contribution in [1.82, 2.24) is 10.2 Å². The molecule has 0 spiro atoms. The first-order chi connectivity index (χ1) is 17.1. The second kappa shape index (κ2) is 12.3. The van der Waals surface area contributed by atoms with Crippen LogP contribution in [0.1, 0.15) is 19.4 Å². The van der Waals surface area contributed by atoms with Crippen molar-refractivity contribution in [2.45, 2.75) is 31.3 Å². The highest BCUT2D eigenvalue weighted by Crippen LogP contribution is 2.30. The number of nitrogens with one attached hydrogen (secondary N) is 1. The third kappa shape index (κ3) is 6.57. The molecule has 10 heteroatoms. The molecule has 190 valence electrons. The summed E-state index contributed by atoms with van der Waals surface area (Å²) in [6.45, 7) is 3.29. The summed E-state index contributed by atoms with van der Waals surface area (Å²) in [7, 11) is -4.16. The highest BCUT2D eigenvalue weighted by Gasteiger charge is 2.33. The van der Waals surface area contributed by atoms with Gasteiger partial charge in [0.1, 0.15) is 12.6 Å². The van der Waals surface area contributed by atoms with Gasteiger partial charge in [0.2, 0.25) is 11.8 Å². The first-order valence-corrected chi connectivity index (χ1v) is 13.5. The van der Waals surface area contributed by atoms with Crippen molar-refractivity contribution in [3.8, 4) is 0 Å². The number of sulfonamides is 1. The van der Waals surface area contributed by atoms with E-state index in [1.54, 1.807) is 74.5 Å². The van der Waals surface area contributed by atoms with Crippen molar-refractivity contribution in [1.29, 1.82) is 0 Å². The van der Waals surface area contributed by atoms with Crippen molar-refractivity contribution in [2.24, 2.45) is 0 Å². The lowest BCUT2D eigenvalue weighted by Crippen LogP contribution is -2.51. The van der Waals surface area contributed by atoms with Crippen LogP contribution >= 0.6 is 23.2 Å². The van der Waals surface area contributed by atoms with E-state index in [4.69, 9.17) is 23.2 Å². The highest BCUT2D eigenvalue weighted by molar-refractivity contribution is 7.92. The third-order valence-corrected chi connectivity index (χ3v) is 7.86. The van der Waals surface area contributed by atoms with Crippen LogP contribution in [0, 0.1) is 0 Å². The van der Waals surface area contributed by atoms with Crippen LogP contribution in [0.25, 0.3) is 0 Å². The second-order valence-electron chi connectivity index (χ2n) is 7.99. The lowest BCUT2D eigenvalue weighted by atomic mass is 10.1. The zero-order chi connectivity index (χ0) is 26.3. The number of halogens is 2. The van der Waals surface area contributed by atoms with Crippen LogP contribution < -0.4 is 9.62 Å². The second-order valence-corrected chi connectivity index (χ2v) is 10.7. The SMILES string of the molecule is CCNC(=O)[C@H](C)N(Cc1ccc(Cl)cc1)C(=O)CN(c1ccccc1Cl)S(=O)(=O)c1ccccc1. The molecule has 36 heavy (non-hydrogen) atoms. The molecule has 3 aromatic carbocycles. The van der Waals surface area contributed by atoms with Crippen LogP contribution in [0.5, 0.6) is 0 Å². The number of hydrogen-bond donors (Lipinski definition) is 1. The van der Waals surface area contributed by atoms with Gasteiger partial charge in [-0.05, 0) is 55.8 Å². The summed E-state index contributed by atoms with van der Waals surface area (Å²) in [5.74, 6) is -0.918. The minimum absolute atomic E-state index is 0.0127. The molecule has 0 aliphatic rings. The van der Waals surface area contributed by atoms with E-state index in [1.165, 1.54) is 23.1 Å². The van der Waals surface area contributed by atoms with Crippen LogP contribution in [0.3, 0.4) is 0 Å². The van der Waals surface area contributed by atoms with Gasteiger partial charge in [-0.25, -0.2) is 8.42 Å². The monoisotopic (exact) mass is 547 g/mol. The Labute approximate surface area is 221 Å². The fourth-order valence-electron chi connectivity index (χ4n) is 3.58. The number of nitrogens with zero attached hydrogens (tertiary/aromatic N) is 2. The highest BCUT2D eigenvalue weighted by atomic mass is 35.5. The summed E-state index contributed by atoms with van der Waals surface area (Å²) in [4.78, 5) is 27.7. The molecule has 0 unspecified atom stereocenters. The zero-order valence-electron chi connectivity index (χ0n) is 19.9. The number of carbonyl (C=O) groups is 2. The van der Waals surface area contributed by atoms with Gasteiger partial charge in [0.05, 0.1) is 15.6 Å². The van der Waals surface area contributed by atoms with Gasteiger partial charge in [0.25, 0.3) is 10.0 Å². The average Bonchev–Trinajstić information content (AvgIpc) is 2.87. The van der Waals surface area contributed by atoms with E-state index in [9.17, 15) is 18.0 Å². The molecule has 0 heterocycles. The zero-order valence-corrected chi connectivity index (χ0v) is 22.2. The molecule has 3 aromatic rings. The van der Waals surface area contributed by atoms with Crippen molar-refractivity contribution in [2.75, 3.05) is 17.4 Å². The lowest BCUT2D eigenvalue weighted by molar-refractivity contribution is -0.139. The van der Waals surface area contributed by atoms with Gasteiger partial charge in [-0.2, -0.15) is 0 Å². The van der Waals surface area contributed by atoms with E-state index in [0.29, 0.717) is 11.6 Å². The number of likely N-dealkylation sites (N-methyl/N-ethyl adjacent to an activating group) is 1. The third-order valence-electron chi connectivity index (χ3n) is 5.52. The van der Waals surface area contributed by atoms with Gasteiger partial charge >= 0.3 is 0 Å². The number of carbonyl (C=O) groups excluding carboxylic acids is 2. The van der Waals surface area contributed by atoms with Crippen molar-refractivity contribution in [3.05, 3.63) is 94.5 Å². The Balaban J connectivity index is 2.02. The maximum absolute atomic E-state index is 13.7. The number of amides is 2. The molecule has 2 amide bonds. The maximum Gasteiger partial charge on any atom is 0.264 e. The Kier molecular flexibility index (Phi) is 9.37. The molecule has 0 radical (unpaired) electrons. The summed E-state index contributed by atoms with van der Waals surface area (Å²) in [5, 5.41) is 3.43. The number of rotatable bonds is 10. The first kappa shape index (κ1) is 27.5. The van der Waals surface area contributed by atoms with Gasteiger partial charge < -0.3 is 10.2 Å². The Morgan fingerprint density at radius 2 is 1.53 bits per heavy atom. The molecule has 0 bridgehead atoms. The normalized spacial score (nSPS) is 12.0. The van der Waals surface area contributed by atoms with E-state index in [0.717, 1.165) is 9.87 Å². The quantitative estimate of drug-likeness (QED) is 0.397. The topological polar surface area (TPSA) is 86.8 Å². The number of para-hydroxylation sites is 1. The molecular weight excluding hydrogens is 521 g/mol. The molecule has 0 aliphatic carbocycles. The van der Waals surface area contributed by atoms with Crippen molar-refractivity contribution < 1.29 is 18.0 Å². The molecule has 1 atom stereocenters. The van der Waals surface area contributed by atoms with Gasteiger partial charge in [0.15, 0.2) is 0 Å². The van der Waals surface area contributed by atoms with Gasteiger partial charge in [-0.1, -0.05) is 65.7 Å². The Hall–Kier alpha value is -3.07. The minimum Gasteiger partial charge on any atom is -0.355 e. The summed E-state index contributed by atoms with van der Waals surface area (Å²) in [6, 6.07) is 20.2. The summed E-state index contributed by atoms with van der Waals surface area (Å²) < 4.78 is 28.3. The average molecular weight is 548 g/mol. The fraction of sp³-hybridized carbons (Fsp3) is 0.231. The molecule has 0 aliphatic heterocycles.